The monoisotopic (exact) mass is 364 g/mol. The number of hydrogen-bond acceptors (Lipinski definition) is 3. The van der Waals surface area contributed by atoms with E-state index >= 15 is 0 Å². The summed E-state index contributed by atoms with van der Waals surface area (Å²) in [6, 6.07) is 15.9. The molecule has 0 spiro atoms. The third-order valence-corrected chi connectivity index (χ3v) is 5.41. The third-order valence-electron chi connectivity index (χ3n) is 5.41. The Morgan fingerprint density at radius 2 is 1.67 bits per heavy atom. The van der Waals surface area contributed by atoms with Gasteiger partial charge in [-0.05, 0) is 67.9 Å². The number of phenols is 1. The molecule has 0 saturated carbocycles. The molecule has 1 N–H and O–H groups in total. The molecule has 1 aromatic heterocycles. The van der Waals surface area contributed by atoms with Crippen LogP contribution in [0.1, 0.15) is 31.2 Å². The van der Waals surface area contributed by atoms with E-state index < -0.39 is 0 Å². The topological polar surface area (TPSA) is 37.6 Å². The van der Waals surface area contributed by atoms with Crippen LogP contribution in [0, 0.1) is 0 Å². The van der Waals surface area contributed by atoms with Crippen molar-refractivity contribution in [1.29, 1.82) is 0 Å². The molecular weight excluding hydrogens is 336 g/mol. The van der Waals surface area contributed by atoms with Gasteiger partial charge in [-0.25, -0.2) is 0 Å². The molecule has 1 fully saturated rings. The second-order valence-corrected chi connectivity index (χ2v) is 7.44. The first kappa shape index (κ1) is 17.9. The minimum absolute atomic E-state index is 0.307. The van der Waals surface area contributed by atoms with Crippen LogP contribution in [0.4, 0.5) is 0 Å². The molecule has 0 unspecified atom stereocenters. The Balaban J connectivity index is 1.31. The Bertz CT molecular complexity index is 862. The lowest BCUT2D eigenvalue weighted by Gasteiger charge is -2.19. The molecule has 1 aliphatic heterocycles. The maximum atomic E-state index is 9.60. The minimum atomic E-state index is 0.307. The highest BCUT2D eigenvalue weighted by molar-refractivity contribution is 5.81. The summed E-state index contributed by atoms with van der Waals surface area (Å²) in [5, 5.41) is 10.7. The van der Waals surface area contributed by atoms with Crippen molar-refractivity contribution in [3.05, 3.63) is 60.3 Å². The van der Waals surface area contributed by atoms with Crippen LogP contribution >= 0.6 is 0 Å². The molecule has 2 heterocycles. The SMILES string of the molecule is Oc1ccc2c(ccn2Cc2ccc(OCCN3CCCCCC3)cc2)c1. The van der Waals surface area contributed by atoms with Gasteiger partial charge < -0.3 is 14.4 Å². The first-order valence-electron chi connectivity index (χ1n) is 10.00. The molecule has 4 rings (SSSR count). The van der Waals surface area contributed by atoms with Crippen molar-refractivity contribution in [1.82, 2.24) is 9.47 Å². The Labute approximate surface area is 161 Å². The summed E-state index contributed by atoms with van der Waals surface area (Å²) in [6.45, 7) is 5.01. The van der Waals surface area contributed by atoms with Gasteiger partial charge in [-0.15, -0.1) is 0 Å². The highest BCUT2D eigenvalue weighted by Crippen LogP contribution is 2.22. The van der Waals surface area contributed by atoms with Crippen molar-refractivity contribution >= 4 is 10.9 Å². The molecule has 2 aromatic carbocycles. The van der Waals surface area contributed by atoms with E-state index in [0.717, 1.165) is 36.3 Å². The molecule has 0 bridgehead atoms. The first-order valence-corrected chi connectivity index (χ1v) is 10.00. The van der Waals surface area contributed by atoms with Gasteiger partial charge in [0, 0.05) is 30.2 Å². The highest BCUT2D eigenvalue weighted by atomic mass is 16.5. The van der Waals surface area contributed by atoms with Gasteiger partial charge in [-0.2, -0.15) is 0 Å². The van der Waals surface area contributed by atoms with Gasteiger partial charge in [0.15, 0.2) is 0 Å². The summed E-state index contributed by atoms with van der Waals surface area (Å²) in [6.07, 6.45) is 7.45. The van der Waals surface area contributed by atoms with Gasteiger partial charge in [0.2, 0.25) is 0 Å². The number of fused-ring (bicyclic) bond motifs is 1. The van der Waals surface area contributed by atoms with Gasteiger partial charge in [-0.1, -0.05) is 25.0 Å². The van der Waals surface area contributed by atoms with E-state index in [1.165, 1.54) is 44.3 Å². The number of aromatic nitrogens is 1. The van der Waals surface area contributed by atoms with Crippen LogP contribution in [0.15, 0.2) is 54.7 Å². The van der Waals surface area contributed by atoms with E-state index in [1.807, 2.05) is 12.1 Å². The molecule has 4 nitrogen and oxygen atoms in total. The van der Waals surface area contributed by atoms with Crippen LogP contribution in [-0.2, 0) is 6.54 Å². The summed E-state index contributed by atoms with van der Waals surface area (Å²) in [4.78, 5) is 2.52. The summed E-state index contributed by atoms with van der Waals surface area (Å²) < 4.78 is 8.15. The van der Waals surface area contributed by atoms with Crippen LogP contribution in [0.2, 0.25) is 0 Å². The zero-order valence-electron chi connectivity index (χ0n) is 15.8. The van der Waals surface area contributed by atoms with Gasteiger partial charge in [0.25, 0.3) is 0 Å². The van der Waals surface area contributed by atoms with E-state index in [9.17, 15) is 5.11 Å². The molecule has 0 amide bonds. The van der Waals surface area contributed by atoms with Crippen molar-refractivity contribution in [2.75, 3.05) is 26.2 Å². The summed E-state index contributed by atoms with van der Waals surface area (Å²) >= 11 is 0. The van der Waals surface area contributed by atoms with Gasteiger partial charge in [0.1, 0.15) is 18.1 Å². The second-order valence-electron chi connectivity index (χ2n) is 7.44. The molecule has 0 atom stereocenters. The standard InChI is InChI=1S/C23H28N2O2/c26-21-7-10-23-20(17-21)11-14-25(23)18-19-5-8-22(9-6-19)27-16-15-24-12-3-1-2-4-13-24/h5-11,14,17,26H,1-4,12-13,15-16,18H2. The molecule has 142 valence electrons. The molecule has 3 aromatic rings. The number of ether oxygens (including phenoxy) is 1. The fourth-order valence-corrected chi connectivity index (χ4v) is 3.87. The Morgan fingerprint density at radius 1 is 0.889 bits per heavy atom. The molecular formula is C23H28N2O2. The fraction of sp³-hybridized carbons (Fsp3) is 0.391. The van der Waals surface area contributed by atoms with Crippen molar-refractivity contribution in [2.45, 2.75) is 32.2 Å². The smallest absolute Gasteiger partial charge is 0.119 e. The molecule has 0 aliphatic carbocycles. The molecule has 1 saturated heterocycles. The van der Waals surface area contributed by atoms with Crippen molar-refractivity contribution in [2.24, 2.45) is 0 Å². The van der Waals surface area contributed by atoms with E-state index in [1.54, 1.807) is 12.1 Å². The van der Waals surface area contributed by atoms with Crippen LogP contribution in [0.25, 0.3) is 10.9 Å². The third kappa shape index (κ3) is 4.64. The predicted octanol–water partition coefficient (Wildman–Crippen LogP) is 4.65. The maximum absolute atomic E-state index is 9.60. The number of benzene rings is 2. The zero-order valence-corrected chi connectivity index (χ0v) is 15.8. The first-order chi connectivity index (χ1) is 13.3. The predicted molar refractivity (Wildman–Crippen MR) is 110 cm³/mol. The number of aromatic hydroxyl groups is 1. The Hall–Kier alpha value is -2.46. The van der Waals surface area contributed by atoms with Gasteiger partial charge >= 0.3 is 0 Å². The normalized spacial score (nSPS) is 15.7. The number of rotatable bonds is 6. The van der Waals surface area contributed by atoms with Gasteiger partial charge in [-0.3, -0.25) is 4.90 Å². The number of likely N-dealkylation sites (tertiary alicyclic amines) is 1. The largest absolute Gasteiger partial charge is 0.508 e. The van der Waals surface area contributed by atoms with Crippen molar-refractivity contribution in [3.63, 3.8) is 0 Å². The van der Waals surface area contributed by atoms with Crippen LogP contribution in [0.5, 0.6) is 11.5 Å². The quantitative estimate of drug-likeness (QED) is 0.692. The maximum Gasteiger partial charge on any atom is 0.119 e. The number of nitrogens with zero attached hydrogens (tertiary/aromatic N) is 2. The van der Waals surface area contributed by atoms with E-state index in [-0.39, 0.29) is 0 Å². The van der Waals surface area contributed by atoms with E-state index in [2.05, 4.69) is 39.9 Å². The number of phenolic OH excluding ortho intramolecular Hbond substituents is 1. The second kappa shape index (κ2) is 8.49. The molecule has 0 radical (unpaired) electrons. The van der Waals surface area contributed by atoms with Gasteiger partial charge in [0.05, 0.1) is 0 Å². The summed E-state index contributed by atoms with van der Waals surface area (Å²) in [5.41, 5.74) is 2.37. The minimum Gasteiger partial charge on any atom is -0.508 e. The van der Waals surface area contributed by atoms with E-state index in [0.29, 0.717) is 5.75 Å². The fourth-order valence-electron chi connectivity index (χ4n) is 3.87. The lowest BCUT2D eigenvalue weighted by atomic mass is 10.2. The van der Waals surface area contributed by atoms with Crippen molar-refractivity contribution < 1.29 is 9.84 Å². The van der Waals surface area contributed by atoms with Crippen molar-refractivity contribution in [3.8, 4) is 11.5 Å². The Kier molecular flexibility index (Phi) is 5.64. The molecule has 1 aliphatic rings. The summed E-state index contributed by atoms with van der Waals surface area (Å²) in [5.74, 6) is 1.25. The average Bonchev–Trinajstić information content (AvgIpc) is 2.89. The summed E-state index contributed by atoms with van der Waals surface area (Å²) in [7, 11) is 0. The van der Waals surface area contributed by atoms with Crippen LogP contribution in [0.3, 0.4) is 0 Å². The number of hydrogen-bond donors (Lipinski definition) is 1. The lowest BCUT2D eigenvalue weighted by Crippen LogP contribution is -2.29. The molecule has 27 heavy (non-hydrogen) atoms. The Morgan fingerprint density at radius 3 is 2.44 bits per heavy atom. The average molecular weight is 364 g/mol. The zero-order chi connectivity index (χ0) is 18.5. The van der Waals surface area contributed by atoms with Crippen LogP contribution < -0.4 is 4.74 Å². The van der Waals surface area contributed by atoms with E-state index in [4.69, 9.17) is 4.74 Å². The highest BCUT2D eigenvalue weighted by Gasteiger charge is 2.08. The molecule has 4 heteroatoms. The van der Waals surface area contributed by atoms with Crippen LogP contribution in [-0.4, -0.2) is 40.8 Å². The lowest BCUT2D eigenvalue weighted by molar-refractivity contribution is 0.214.